The summed E-state index contributed by atoms with van der Waals surface area (Å²) in [4.78, 5) is 26.4. The van der Waals surface area contributed by atoms with Crippen molar-refractivity contribution in [1.29, 1.82) is 0 Å². The normalized spacial score (nSPS) is 11.7. The first kappa shape index (κ1) is 17.8. The molecule has 0 bridgehead atoms. The molecule has 2 heterocycles. The van der Waals surface area contributed by atoms with Crippen molar-refractivity contribution in [3.63, 3.8) is 0 Å². The first-order valence-corrected chi connectivity index (χ1v) is 8.29. The van der Waals surface area contributed by atoms with E-state index in [1.165, 1.54) is 23.5 Å². The Morgan fingerprint density at radius 2 is 1.72 bits per heavy atom. The Morgan fingerprint density at radius 3 is 2.20 bits per heavy atom. The number of benzene rings is 1. The van der Waals surface area contributed by atoms with Gasteiger partial charge in [-0.1, -0.05) is 29.3 Å². The molecule has 1 aromatic carbocycles. The van der Waals surface area contributed by atoms with Gasteiger partial charge in [-0.3, -0.25) is 4.79 Å². The second-order valence-electron chi connectivity index (χ2n) is 4.92. The van der Waals surface area contributed by atoms with Gasteiger partial charge in [-0.15, -0.1) is 11.3 Å². The van der Waals surface area contributed by atoms with E-state index in [0.717, 1.165) is 4.88 Å². The van der Waals surface area contributed by atoms with Crippen molar-refractivity contribution in [1.82, 2.24) is 9.55 Å². The zero-order chi connectivity index (χ0) is 18.4. The molecule has 3 aromatic rings. The molecular formula is C15H7Cl2F3N2O2S. The van der Waals surface area contributed by atoms with E-state index in [1.54, 1.807) is 17.1 Å². The number of hydrogen-bond acceptors (Lipinski definition) is 3. The molecule has 2 aromatic heterocycles. The van der Waals surface area contributed by atoms with Crippen LogP contribution in [0.15, 0.2) is 45.3 Å². The quantitative estimate of drug-likeness (QED) is 0.676. The van der Waals surface area contributed by atoms with E-state index in [0.29, 0.717) is 16.2 Å². The van der Waals surface area contributed by atoms with Gasteiger partial charge < -0.3 is 4.98 Å². The minimum Gasteiger partial charge on any atom is -0.303 e. The van der Waals surface area contributed by atoms with E-state index < -0.39 is 23.1 Å². The standard InChI is InChI=1S/C15H7Cl2F3N2O2S/c16-8-4-7(5-9(17)13(8)10-2-1-3-25-10)22-12(23)6-11(15(18,19)20)21-14(22)24/h1-6H,(H,21,24). The third-order valence-electron chi connectivity index (χ3n) is 3.29. The van der Waals surface area contributed by atoms with Crippen LogP contribution < -0.4 is 11.2 Å². The van der Waals surface area contributed by atoms with Crippen LogP contribution in [0.25, 0.3) is 16.1 Å². The number of aromatic nitrogens is 2. The van der Waals surface area contributed by atoms with Gasteiger partial charge in [0.25, 0.3) is 5.56 Å². The second kappa shape index (κ2) is 6.36. The number of hydrogen-bond donors (Lipinski definition) is 1. The van der Waals surface area contributed by atoms with Crippen molar-refractivity contribution in [2.75, 3.05) is 0 Å². The monoisotopic (exact) mass is 406 g/mol. The maximum absolute atomic E-state index is 12.7. The lowest BCUT2D eigenvalue weighted by Crippen LogP contribution is -2.35. The number of thiophene rings is 1. The van der Waals surface area contributed by atoms with Crippen LogP contribution in [0, 0.1) is 0 Å². The molecule has 3 rings (SSSR count). The maximum atomic E-state index is 12.7. The van der Waals surface area contributed by atoms with Crippen molar-refractivity contribution >= 4 is 34.5 Å². The molecule has 0 spiro atoms. The van der Waals surface area contributed by atoms with Gasteiger partial charge in [0.05, 0.1) is 15.7 Å². The predicted molar refractivity (Wildman–Crippen MR) is 91.0 cm³/mol. The number of rotatable bonds is 2. The molecule has 4 nitrogen and oxygen atoms in total. The van der Waals surface area contributed by atoms with E-state index >= 15 is 0 Å². The number of nitrogens with zero attached hydrogens (tertiary/aromatic N) is 1. The molecule has 0 saturated heterocycles. The highest BCUT2D eigenvalue weighted by Gasteiger charge is 2.33. The summed E-state index contributed by atoms with van der Waals surface area (Å²) in [5.74, 6) is 0. The van der Waals surface area contributed by atoms with Gasteiger partial charge in [-0.25, -0.2) is 9.36 Å². The van der Waals surface area contributed by atoms with Gasteiger partial charge in [0, 0.05) is 16.5 Å². The largest absolute Gasteiger partial charge is 0.431 e. The topological polar surface area (TPSA) is 54.9 Å². The fraction of sp³-hybridized carbons (Fsp3) is 0.0667. The molecule has 0 aliphatic heterocycles. The summed E-state index contributed by atoms with van der Waals surface area (Å²) in [5.41, 5.74) is -3.33. The van der Waals surface area contributed by atoms with Crippen LogP contribution in [-0.2, 0) is 6.18 Å². The maximum Gasteiger partial charge on any atom is 0.431 e. The summed E-state index contributed by atoms with van der Waals surface area (Å²) < 4.78 is 38.5. The molecule has 0 aliphatic carbocycles. The third kappa shape index (κ3) is 3.37. The van der Waals surface area contributed by atoms with Crippen LogP contribution in [-0.4, -0.2) is 9.55 Å². The van der Waals surface area contributed by atoms with Gasteiger partial charge in [0.15, 0.2) is 0 Å². The first-order valence-electron chi connectivity index (χ1n) is 6.65. The van der Waals surface area contributed by atoms with E-state index in [9.17, 15) is 22.8 Å². The molecule has 0 unspecified atom stereocenters. The molecule has 25 heavy (non-hydrogen) atoms. The molecule has 0 atom stereocenters. The molecule has 130 valence electrons. The Hall–Kier alpha value is -2.03. The fourth-order valence-corrected chi connectivity index (χ4v) is 3.83. The Labute approximate surface area is 152 Å². The highest BCUT2D eigenvalue weighted by Crippen LogP contribution is 2.38. The van der Waals surface area contributed by atoms with Crippen LogP contribution >= 0.6 is 34.5 Å². The molecule has 0 radical (unpaired) electrons. The number of halogens is 5. The Bertz CT molecular complexity index is 1000. The van der Waals surface area contributed by atoms with E-state index in [-0.39, 0.29) is 15.7 Å². The van der Waals surface area contributed by atoms with E-state index in [4.69, 9.17) is 23.2 Å². The highest BCUT2D eigenvalue weighted by atomic mass is 35.5. The first-order chi connectivity index (χ1) is 11.7. The molecule has 0 aliphatic rings. The minimum atomic E-state index is -4.84. The molecule has 1 N–H and O–H groups in total. The molecular weight excluding hydrogens is 400 g/mol. The zero-order valence-electron chi connectivity index (χ0n) is 12.0. The zero-order valence-corrected chi connectivity index (χ0v) is 14.4. The smallest absolute Gasteiger partial charge is 0.303 e. The Morgan fingerprint density at radius 1 is 1.08 bits per heavy atom. The molecule has 0 saturated carbocycles. The van der Waals surface area contributed by atoms with Crippen LogP contribution in [0.4, 0.5) is 13.2 Å². The number of nitrogens with one attached hydrogen (secondary N) is 1. The summed E-state index contributed by atoms with van der Waals surface area (Å²) in [7, 11) is 0. The second-order valence-corrected chi connectivity index (χ2v) is 6.68. The lowest BCUT2D eigenvalue weighted by molar-refractivity contribution is -0.141. The van der Waals surface area contributed by atoms with Crippen molar-refractivity contribution in [2.24, 2.45) is 0 Å². The predicted octanol–water partition coefficient (Wildman–Crippen LogP) is 4.58. The summed E-state index contributed by atoms with van der Waals surface area (Å²) in [6, 6.07) is 6.48. The van der Waals surface area contributed by atoms with E-state index in [1.807, 2.05) is 5.38 Å². The van der Waals surface area contributed by atoms with Crippen LogP contribution in [0.3, 0.4) is 0 Å². The summed E-state index contributed by atoms with van der Waals surface area (Å²) in [6.07, 6.45) is -4.84. The summed E-state index contributed by atoms with van der Waals surface area (Å²) in [5, 5.41) is 2.15. The minimum absolute atomic E-state index is 0.0321. The van der Waals surface area contributed by atoms with Crippen molar-refractivity contribution in [3.8, 4) is 16.1 Å². The van der Waals surface area contributed by atoms with Crippen molar-refractivity contribution in [3.05, 3.63) is 72.3 Å². The molecule has 0 amide bonds. The Balaban J connectivity index is 2.19. The van der Waals surface area contributed by atoms with Crippen LogP contribution in [0.5, 0.6) is 0 Å². The molecule has 0 fully saturated rings. The summed E-state index contributed by atoms with van der Waals surface area (Å²) in [6.45, 7) is 0. The van der Waals surface area contributed by atoms with Gasteiger partial charge in [-0.2, -0.15) is 13.2 Å². The SMILES string of the molecule is O=c1cc(C(F)(F)F)[nH]c(=O)n1-c1cc(Cl)c(-c2cccs2)c(Cl)c1. The summed E-state index contributed by atoms with van der Waals surface area (Å²) >= 11 is 13.8. The average Bonchev–Trinajstić information content (AvgIpc) is 2.98. The average molecular weight is 407 g/mol. The van der Waals surface area contributed by atoms with Gasteiger partial charge in [0.2, 0.25) is 0 Å². The van der Waals surface area contributed by atoms with Crippen molar-refractivity contribution in [2.45, 2.75) is 6.18 Å². The van der Waals surface area contributed by atoms with Gasteiger partial charge in [0.1, 0.15) is 5.69 Å². The highest BCUT2D eigenvalue weighted by molar-refractivity contribution is 7.13. The lowest BCUT2D eigenvalue weighted by atomic mass is 10.1. The third-order valence-corrected chi connectivity index (χ3v) is 4.77. The number of alkyl halides is 3. The lowest BCUT2D eigenvalue weighted by Gasteiger charge is -2.11. The van der Waals surface area contributed by atoms with Crippen LogP contribution in [0.1, 0.15) is 5.69 Å². The van der Waals surface area contributed by atoms with Gasteiger partial charge in [-0.05, 0) is 23.6 Å². The number of H-pyrrole nitrogens is 1. The number of aromatic amines is 1. The Kier molecular flexibility index (Phi) is 4.52. The molecule has 10 heteroatoms. The van der Waals surface area contributed by atoms with Gasteiger partial charge >= 0.3 is 11.9 Å². The van der Waals surface area contributed by atoms with Crippen LogP contribution in [0.2, 0.25) is 10.0 Å². The fourth-order valence-electron chi connectivity index (χ4n) is 2.24. The van der Waals surface area contributed by atoms with E-state index in [2.05, 4.69) is 0 Å². The van der Waals surface area contributed by atoms with Crippen molar-refractivity contribution < 1.29 is 13.2 Å².